The minimum atomic E-state index is -0.940. The molecule has 20 heavy (non-hydrogen) atoms. The molecule has 0 bridgehead atoms. The molecule has 0 amide bonds. The van der Waals surface area contributed by atoms with Crippen LogP contribution in [-0.2, 0) is 11.4 Å². The van der Waals surface area contributed by atoms with Crippen molar-refractivity contribution in [3.63, 3.8) is 0 Å². The Hall–Kier alpha value is -1.72. The van der Waals surface area contributed by atoms with E-state index in [1.165, 1.54) is 11.3 Å². The van der Waals surface area contributed by atoms with Crippen LogP contribution in [0.15, 0.2) is 47.4 Å². The molecule has 0 atom stereocenters. The van der Waals surface area contributed by atoms with E-state index in [0.29, 0.717) is 6.61 Å². The lowest BCUT2D eigenvalue weighted by molar-refractivity contribution is -0.131. The van der Waals surface area contributed by atoms with Crippen LogP contribution in [0.1, 0.15) is 9.75 Å². The van der Waals surface area contributed by atoms with Crippen LogP contribution in [-0.4, -0.2) is 17.3 Å². The second-order valence-electron chi connectivity index (χ2n) is 3.92. The van der Waals surface area contributed by atoms with Gasteiger partial charge in [-0.3, -0.25) is 0 Å². The molecular formula is C15H14O3S2. The van der Waals surface area contributed by atoms with Crippen molar-refractivity contribution in [3.05, 3.63) is 52.2 Å². The first-order valence-corrected chi connectivity index (χ1v) is 7.98. The third kappa shape index (κ3) is 4.15. The first-order chi connectivity index (χ1) is 9.69. The molecule has 0 unspecified atom stereocenters. The summed E-state index contributed by atoms with van der Waals surface area (Å²) in [6.45, 7) is 0.489. The lowest BCUT2D eigenvalue weighted by Crippen LogP contribution is -1.93. The van der Waals surface area contributed by atoms with E-state index < -0.39 is 5.97 Å². The molecule has 0 aliphatic heterocycles. The van der Waals surface area contributed by atoms with Crippen molar-refractivity contribution in [2.75, 3.05) is 6.26 Å². The molecule has 3 nitrogen and oxygen atoms in total. The first kappa shape index (κ1) is 14.7. The second kappa shape index (κ2) is 7.17. The number of benzene rings is 1. The van der Waals surface area contributed by atoms with Crippen LogP contribution in [0.4, 0.5) is 0 Å². The van der Waals surface area contributed by atoms with Gasteiger partial charge in [-0.15, -0.1) is 23.1 Å². The fourth-order valence-electron chi connectivity index (χ4n) is 1.60. The molecule has 0 spiro atoms. The molecule has 2 rings (SSSR count). The molecule has 104 valence electrons. The molecule has 0 aliphatic rings. The lowest BCUT2D eigenvalue weighted by Gasteiger charge is -2.08. The van der Waals surface area contributed by atoms with Crippen molar-refractivity contribution in [2.24, 2.45) is 0 Å². The zero-order chi connectivity index (χ0) is 14.4. The highest BCUT2D eigenvalue weighted by Crippen LogP contribution is 2.28. The van der Waals surface area contributed by atoms with E-state index in [4.69, 9.17) is 9.84 Å². The lowest BCUT2D eigenvalue weighted by atomic mass is 10.3. The van der Waals surface area contributed by atoms with E-state index in [-0.39, 0.29) is 0 Å². The Morgan fingerprint density at radius 3 is 2.90 bits per heavy atom. The van der Waals surface area contributed by atoms with E-state index in [9.17, 15) is 4.79 Å². The summed E-state index contributed by atoms with van der Waals surface area (Å²) in [5.74, 6) is -0.0684. The number of thioether (sulfide) groups is 1. The molecule has 1 N–H and O–H groups in total. The van der Waals surface area contributed by atoms with Gasteiger partial charge in [-0.1, -0.05) is 12.1 Å². The maximum absolute atomic E-state index is 10.5. The number of carboxylic acid groups (broad SMARTS) is 1. The van der Waals surface area contributed by atoms with Crippen molar-refractivity contribution < 1.29 is 14.6 Å². The van der Waals surface area contributed by atoms with Crippen LogP contribution in [0, 0.1) is 0 Å². The van der Waals surface area contributed by atoms with E-state index in [1.807, 2.05) is 42.7 Å². The summed E-state index contributed by atoms with van der Waals surface area (Å²) in [6, 6.07) is 11.8. The topological polar surface area (TPSA) is 46.5 Å². The third-order valence-corrected chi connectivity index (χ3v) is 4.31. The summed E-state index contributed by atoms with van der Waals surface area (Å²) in [7, 11) is 0. The Bertz CT molecular complexity index is 617. The molecule has 5 heteroatoms. The Kier molecular flexibility index (Phi) is 5.26. The molecule has 0 fully saturated rings. The average molecular weight is 306 g/mol. The Morgan fingerprint density at radius 1 is 1.35 bits per heavy atom. The zero-order valence-corrected chi connectivity index (χ0v) is 12.5. The molecule has 0 aliphatic carbocycles. The SMILES string of the molecule is CSc1ccccc1OCc1ccc(C=CC(=O)O)s1. The van der Waals surface area contributed by atoms with Gasteiger partial charge in [0, 0.05) is 20.7 Å². The summed E-state index contributed by atoms with van der Waals surface area (Å²) in [5.41, 5.74) is 0. The predicted molar refractivity (Wildman–Crippen MR) is 83.5 cm³/mol. The Labute approximate surface area is 125 Å². The van der Waals surface area contributed by atoms with Crippen LogP contribution in [0.25, 0.3) is 6.08 Å². The van der Waals surface area contributed by atoms with Gasteiger partial charge >= 0.3 is 5.97 Å². The monoisotopic (exact) mass is 306 g/mol. The van der Waals surface area contributed by atoms with Crippen molar-refractivity contribution in [3.8, 4) is 5.75 Å². The average Bonchev–Trinajstić information content (AvgIpc) is 2.91. The number of thiophene rings is 1. The van der Waals surface area contributed by atoms with Crippen LogP contribution >= 0.6 is 23.1 Å². The summed E-state index contributed by atoms with van der Waals surface area (Å²) in [5, 5.41) is 8.58. The van der Waals surface area contributed by atoms with Gasteiger partial charge in [0.15, 0.2) is 0 Å². The third-order valence-electron chi connectivity index (χ3n) is 2.51. The van der Waals surface area contributed by atoms with Gasteiger partial charge in [-0.05, 0) is 36.6 Å². The minimum absolute atomic E-state index is 0.489. The normalized spacial score (nSPS) is 10.8. The Balaban J connectivity index is 1.99. The van der Waals surface area contributed by atoms with Crippen molar-refractivity contribution in [1.82, 2.24) is 0 Å². The highest BCUT2D eigenvalue weighted by atomic mass is 32.2. The molecule has 0 radical (unpaired) electrons. The highest BCUT2D eigenvalue weighted by Gasteiger charge is 2.03. The van der Waals surface area contributed by atoms with Gasteiger partial charge in [-0.2, -0.15) is 0 Å². The van der Waals surface area contributed by atoms with Gasteiger partial charge in [0.2, 0.25) is 0 Å². The molecule has 1 heterocycles. The summed E-state index contributed by atoms with van der Waals surface area (Å²) < 4.78 is 5.80. The molecule has 0 saturated carbocycles. The van der Waals surface area contributed by atoms with E-state index in [2.05, 4.69) is 0 Å². The van der Waals surface area contributed by atoms with Crippen LogP contribution < -0.4 is 4.74 Å². The van der Waals surface area contributed by atoms with Gasteiger partial charge in [0.05, 0.1) is 0 Å². The second-order valence-corrected chi connectivity index (χ2v) is 5.96. The van der Waals surface area contributed by atoms with Crippen LogP contribution in [0.3, 0.4) is 0 Å². The summed E-state index contributed by atoms with van der Waals surface area (Å²) in [4.78, 5) is 13.5. The fourth-order valence-corrected chi connectivity index (χ4v) is 2.97. The number of para-hydroxylation sites is 1. The standard InChI is InChI=1S/C15H14O3S2/c1-19-14-5-3-2-4-13(14)18-10-12-7-6-11(20-12)8-9-15(16)17/h2-9H,10H2,1H3,(H,16,17). The maximum atomic E-state index is 10.5. The van der Waals surface area contributed by atoms with E-state index >= 15 is 0 Å². The molecule has 1 aromatic carbocycles. The summed E-state index contributed by atoms with van der Waals surface area (Å²) >= 11 is 3.17. The number of aliphatic carboxylic acids is 1. The predicted octanol–water partition coefficient (Wildman–Crippen LogP) is 4.15. The molecular weight excluding hydrogens is 292 g/mol. The number of hydrogen-bond donors (Lipinski definition) is 1. The molecule has 2 aromatic rings. The number of rotatable bonds is 6. The number of carbonyl (C=O) groups is 1. The highest BCUT2D eigenvalue weighted by molar-refractivity contribution is 7.98. The Morgan fingerprint density at radius 2 is 2.15 bits per heavy atom. The van der Waals surface area contributed by atoms with Crippen LogP contribution in [0.2, 0.25) is 0 Å². The van der Waals surface area contributed by atoms with Gasteiger partial charge in [0.1, 0.15) is 12.4 Å². The van der Waals surface area contributed by atoms with Gasteiger partial charge in [-0.25, -0.2) is 4.79 Å². The van der Waals surface area contributed by atoms with E-state index in [0.717, 1.165) is 26.5 Å². The maximum Gasteiger partial charge on any atom is 0.328 e. The van der Waals surface area contributed by atoms with Crippen molar-refractivity contribution in [2.45, 2.75) is 11.5 Å². The minimum Gasteiger partial charge on any atom is -0.487 e. The largest absolute Gasteiger partial charge is 0.487 e. The fraction of sp³-hybridized carbons (Fsp3) is 0.133. The quantitative estimate of drug-likeness (QED) is 0.643. The smallest absolute Gasteiger partial charge is 0.328 e. The van der Waals surface area contributed by atoms with Gasteiger partial charge < -0.3 is 9.84 Å². The zero-order valence-electron chi connectivity index (χ0n) is 10.9. The first-order valence-electron chi connectivity index (χ1n) is 5.94. The van der Waals surface area contributed by atoms with E-state index in [1.54, 1.807) is 17.8 Å². The van der Waals surface area contributed by atoms with Gasteiger partial charge in [0.25, 0.3) is 0 Å². The number of hydrogen-bond acceptors (Lipinski definition) is 4. The number of ether oxygens (including phenoxy) is 1. The molecule has 0 saturated heterocycles. The van der Waals surface area contributed by atoms with Crippen molar-refractivity contribution in [1.29, 1.82) is 0 Å². The number of carboxylic acids is 1. The summed E-state index contributed by atoms with van der Waals surface area (Å²) in [6.07, 6.45) is 4.74. The van der Waals surface area contributed by atoms with Crippen LogP contribution in [0.5, 0.6) is 5.75 Å². The van der Waals surface area contributed by atoms with Crippen molar-refractivity contribution >= 4 is 35.1 Å². The molecule has 1 aromatic heterocycles.